The maximum absolute atomic E-state index is 11.5. The number of amides is 1. The molecule has 1 atom stereocenters. The van der Waals surface area contributed by atoms with Crippen molar-refractivity contribution in [1.82, 2.24) is 5.32 Å². The first-order chi connectivity index (χ1) is 12.0. The number of hydrogen-bond acceptors (Lipinski definition) is 9. The Morgan fingerprint density at radius 3 is 2.27 bits per heavy atom. The number of carbonyl (C=O) groups excluding carboxylic acids is 1. The largest absolute Gasteiger partial charge is 0.459 e. The summed E-state index contributed by atoms with van der Waals surface area (Å²) in [6.45, 7) is -0.0420. The summed E-state index contributed by atoms with van der Waals surface area (Å²) in [5, 5.41) is 59.9. The second kappa shape index (κ2) is 6.34. The molecule has 144 valence electrons. The van der Waals surface area contributed by atoms with Crippen LogP contribution in [0.4, 0.5) is 0 Å². The molecule has 1 aromatic carbocycles. The average molecular weight is 371 g/mol. The molecule has 1 aliphatic carbocycles. The normalized spacial score (nSPS) is 24.4. The third-order valence-corrected chi connectivity index (χ3v) is 4.59. The van der Waals surface area contributed by atoms with Crippen LogP contribution in [0.5, 0.6) is 11.5 Å². The van der Waals surface area contributed by atoms with Crippen LogP contribution in [0.2, 0.25) is 0 Å². The van der Waals surface area contributed by atoms with Crippen molar-refractivity contribution in [2.45, 2.75) is 49.3 Å². The van der Waals surface area contributed by atoms with Gasteiger partial charge in [-0.25, -0.2) is 0 Å². The molecule has 0 spiro atoms. The highest BCUT2D eigenvalue weighted by Crippen LogP contribution is 2.40. The van der Waals surface area contributed by atoms with Crippen molar-refractivity contribution in [3.05, 3.63) is 23.8 Å². The molecule has 1 saturated carbocycles. The zero-order valence-electron chi connectivity index (χ0n) is 13.8. The van der Waals surface area contributed by atoms with E-state index in [2.05, 4.69) is 10.1 Å². The second-order valence-electron chi connectivity index (χ2n) is 6.63. The molecule has 1 heterocycles. The van der Waals surface area contributed by atoms with Crippen molar-refractivity contribution in [2.24, 2.45) is 0 Å². The van der Waals surface area contributed by atoms with E-state index in [1.165, 1.54) is 18.2 Å². The third-order valence-electron chi connectivity index (χ3n) is 4.59. The molecule has 1 amide bonds. The van der Waals surface area contributed by atoms with Gasteiger partial charge < -0.3 is 45.4 Å². The number of nitrogens with one attached hydrogen (secondary N) is 1. The van der Waals surface area contributed by atoms with Crippen LogP contribution in [-0.2, 0) is 4.79 Å². The Bertz CT molecular complexity index is 691. The van der Waals surface area contributed by atoms with E-state index in [0.29, 0.717) is 12.8 Å². The minimum absolute atomic E-state index is 0.0420. The molecule has 1 unspecified atom stereocenters. The molecular weight excluding hydrogens is 350 g/mol. The molecule has 0 radical (unpaired) electrons. The molecule has 1 aliphatic heterocycles. The first kappa shape index (κ1) is 18.8. The van der Waals surface area contributed by atoms with E-state index < -0.39 is 29.6 Å². The standard InChI is InChI=1S/C16H21NO9/c18-13-15(20,21)10(8-17-13)9-3-4-11(26-16(22,23)24)12(7-9)25-14(19)5-1-2-6-14/h3-4,7,10,19-24H,1-2,5-6,8H2,(H,17,18). The summed E-state index contributed by atoms with van der Waals surface area (Å²) in [6, 6.07) is 3.82. The SMILES string of the molecule is O=C1NCC(c2ccc(OC(O)(O)O)c(OC3(O)CCCC3)c2)C1(O)O. The van der Waals surface area contributed by atoms with Gasteiger partial charge in [0, 0.05) is 19.4 Å². The number of aliphatic hydroxyl groups is 6. The topological polar surface area (TPSA) is 169 Å². The summed E-state index contributed by atoms with van der Waals surface area (Å²) in [7, 11) is 0. The molecule has 7 N–H and O–H groups in total. The van der Waals surface area contributed by atoms with Crippen molar-refractivity contribution in [3.63, 3.8) is 0 Å². The number of rotatable bonds is 5. The van der Waals surface area contributed by atoms with E-state index >= 15 is 0 Å². The zero-order chi connectivity index (χ0) is 19.2. The van der Waals surface area contributed by atoms with Crippen LogP contribution < -0.4 is 14.8 Å². The Morgan fingerprint density at radius 2 is 1.73 bits per heavy atom. The molecule has 3 rings (SSSR count). The summed E-state index contributed by atoms with van der Waals surface area (Å²) in [5.74, 6) is -6.53. The van der Waals surface area contributed by atoms with Crippen molar-refractivity contribution >= 4 is 5.91 Å². The fourth-order valence-electron chi connectivity index (χ4n) is 3.26. The van der Waals surface area contributed by atoms with E-state index in [9.17, 15) is 20.1 Å². The average Bonchev–Trinajstić information content (AvgIpc) is 3.04. The Kier molecular flexibility index (Phi) is 4.59. The highest BCUT2D eigenvalue weighted by atomic mass is 16.9. The lowest BCUT2D eigenvalue weighted by atomic mass is 9.93. The van der Waals surface area contributed by atoms with E-state index in [1.807, 2.05) is 0 Å². The lowest BCUT2D eigenvalue weighted by Gasteiger charge is -2.28. The molecule has 10 heteroatoms. The third kappa shape index (κ3) is 3.75. The number of carbonyl (C=O) groups is 1. The lowest BCUT2D eigenvalue weighted by molar-refractivity contribution is -0.420. The van der Waals surface area contributed by atoms with Crippen LogP contribution in [-0.4, -0.2) is 60.8 Å². The minimum atomic E-state index is -3.47. The first-order valence-corrected chi connectivity index (χ1v) is 8.15. The van der Waals surface area contributed by atoms with Crippen LogP contribution in [0.15, 0.2) is 18.2 Å². The molecule has 1 aromatic rings. The predicted molar refractivity (Wildman–Crippen MR) is 83.4 cm³/mol. The molecule has 2 aliphatic rings. The summed E-state index contributed by atoms with van der Waals surface area (Å²) < 4.78 is 10.2. The summed E-state index contributed by atoms with van der Waals surface area (Å²) in [5.41, 5.74) is 0.275. The van der Waals surface area contributed by atoms with Gasteiger partial charge in [0.2, 0.25) is 5.79 Å². The van der Waals surface area contributed by atoms with Crippen LogP contribution in [0.3, 0.4) is 0 Å². The number of ether oxygens (including phenoxy) is 2. The van der Waals surface area contributed by atoms with Crippen molar-refractivity contribution in [2.75, 3.05) is 6.54 Å². The van der Waals surface area contributed by atoms with Gasteiger partial charge in [0.25, 0.3) is 11.7 Å². The van der Waals surface area contributed by atoms with Gasteiger partial charge in [-0.3, -0.25) is 4.79 Å². The van der Waals surface area contributed by atoms with E-state index in [-0.39, 0.29) is 23.6 Å². The van der Waals surface area contributed by atoms with Gasteiger partial charge in [-0.1, -0.05) is 6.07 Å². The fraction of sp³-hybridized carbons (Fsp3) is 0.562. The van der Waals surface area contributed by atoms with Gasteiger partial charge in [0.05, 0.1) is 5.92 Å². The zero-order valence-corrected chi connectivity index (χ0v) is 13.8. The van der Waals surface area contributed by atoms with Gasteiger partial charge in [-0.2, -0.15) is 0 Å². The van der Waals surface area contributed by atoms with Gasteiger partial charge >= 0.3 is 6.16 Å². The van der Waals surface area contributed by atoms with Crippen molar-refractivity contribution in [3.8, 4) is 11.5 Å². The van der Waals surface area contributed by atoms with Gasteiger partial charge in [0.15, 0.2) is 11.5 Å². The summed E-state index contributed by atoms with van der Waals surface area (Å²) in [4.78, 5) is 11.5. The second-order valence-corrected chi connectivity index (χ2v) is 6.63. The smallest absolute Gasteiger partial charge is 0.453 e. The van der Waals surface area contributed by atoms with Gasteiger partial charge in [-0.15, -0.1) is 0 Å². The molecule has 1 saturated heterocycles. The highest BCUT2D eigenvalue weighted by Gasteiger charge is 2.48. The number of hydrogen-bond donors (Lipinski definition) is 7. The van der Waals surface area contributed by atoms with Gasteiger partial charge in [0.1, 0.15) is 0 Å². The summed E-state index contributed by atoms with van der Waals surface area (Å²) in [6.07, 6.45) is -1.33. The van der Waals surface area contributed by atoms with E-state index in [4.69, 9.17) is 20.1 Å². The van der Waals surface area contributed by atoms with Gasteiger partial charge in [-0.05, 0) is 30.5 Å². The van der Waals surface area contributed by atoms with E-state index in [1.54, 1.807) is 0 Å². The molecular formula is C16H21NO9. The van der Waals surface area contributed by atoms with Crippen LogP contribution in [0, 0.1) is 0 Å². The van der Waals surface area contributed by atoms with Crippen LogP contribution in [0.25, 0.3) is 0 Å². The van der Waals surface area contributed by atoms with E-state index in [0.717, 1.165) is 12.8 Å². The highest BCUT2D eigenvalue weighted by molar-refractivity contribution is 5.87. The Hall–Kier alpha value is -1.95. The van der Waals surface area contributed by atoms with Crippen molar-refractivity contribution in [1.29, 1.82) is 0 Å². The Balaban J connectivity index is 1.96. The fourth-order valence-corrected chi connectivity index (χ4v) is 3.26. The maximum Gasteiger partial charge on any atom is 0.453 e. The molecule has 2 fully saturated rings. The van der Waals surface area contributed by atoms with Crippen LogP contribution >= 0.6 is 0 Å². The predicted octanol–water partition coefficient (Wildman–Crippen LogP) is -1.81. The van der Waals surface area contributed by atoms with Crippen molar-refractivity contribution < 1.29 is 44.9 Å². The lowest BCUT2D eigenvalue weighted by Crippen LogP contribution is -2.41. The molecule has 26 heavy (non-hydrogen) atoms. The molecule has 10 nitrogen and oxygen atoms in total. The maximum atomic E-state index is 11.5. The molecule has 0 bridgehead atoms. The quantitative estimate of drug-likeness (QED) is 0.295. The van der Waals surface area contributed by atoms with Crippen LogP contribution in [0.1, 0.15) is 37.2 Å². The summed E-state index contributed by atoms with van der Waals surface area (Å²) >= 11 is 0. The minimum Gasteiger partial charge on any atom is -0.459 e. The Labute approximate surface area is 148 Å². The molecule has 0 aromatic heterocycles. The monoisotopic (exact) mass is 371 g/mol. The first-order valence-electron chi connectivity index (χ1n) is 8.15. The number of benzene rings is 1. The Morgan fingerprint density at radius 1 is 1.08 bits per heavy atom.